The van der Waals surface area contributed by atoms with Crippen molar-refractivity contribution in [3.63, 3.8) is 0 Å². The molecule has 1 aromatic carbocycles. The van der Waals surface area contributed by atoms with Crippen molar-refractivity contribution in [2.24, 2.45) is 5.92 Å². The van der Waals surface area contributed by atoms with Crippen LogP contribution in [0.1, 0.15) is 31.2 Å². The lowest BCUT2D eigenvalue weighted by atomic mass is 9.85. The highest BCUT2D eigenvalue weighted by Crippen LogP contribution is 2.38. The van der Waals surface area contributed by atoms with Crippen LogP contribution in [0.4, 0.5) is 13.2 Å². The summed E-state index contributed by atoms with van der Waals surface area (Å²) in [4.78, 5) is -0.0689. The molecule has 0 saturated heterocycles. The summed E-state index contributed by atoms with van der Waals surface area (Å²) < 4.78 is 77.2. The first-order chi connectivity index (χ1) is 12.1. The molecular weight excluding hydrogens is 371 g/mol. The molecule has 1 aromatic rings. The molecule has 0 aliphatic heterocycles. The second kappa shape index (κ2) is 8.58. The maximum atomic E-state index is 13.2. The fourth-order valence-corrected chi connectivity index (χ4v) is 4.51. The summed E-state index contributed by atoms with van der Waals surface area (Å²) >= 11 is 0. The molecule has 0 heterocycles. The van der Waals surface area contributed by atoms with Gasteiger partial charge in [0, 0.05) is 13.2 Å². The van der Waals surface area contributed by atoms with Crippen molar-refractivity contribution < 1.29 is 31.1 Å². The summed E-state index contributed by atoms with van der Waals surface area (Å²) in [5.74, 6) is -1.14. The monoisotopic (exact) mass is 395 g/mol. The highest BCUT2D eigenvalue weighted by atomic mass is 32.2. The van der Waals surface area contributed by atoms with Crippen molar-refractivity contribution in [3.05, 3.63) is 23.8 Å². The number of aryl methyl sites for hydroxylation is 1. The lowest BCUT2D eigenvalue weighted by molar-refractivity contribution is -0.187. The molecule has 9 heteroatoms. The van der Waals surface area contributed by atoms with E-state index in [9.17, 15) is 21.6 Å². The van der Waals surface area contributed by atoms with Crippen LogP contribution in [0, 0.1) is 12.8 Å². The topological polar surface area (TPSA) is 64.6 Å². The molecule has 0 spiro atoms. The van der Waals surface area contributed by atoms with Gasteiger partial charge in [0.1, 0.15) is 12.4 Å². The number of nitrogens with one attached hydrogen (secondary N) is 1. The van der Waals surface area contributed by atoms with E-state index in [0.29, 0.717) is 37.4 Å². The number of benzene rings is 1. The van der Waals surface area contributed by atoms with Crippen LogP contribution in [-0.2, 0) is 14.8 Å². The minimum atomic E-state index is -4.41. The van der Waals surface area contributed by atoms with Crippen LogP contribution in [0.3, 0.4) is 0 Å². The van der Waals surface area contributed by atoms with Gasteiger partial charge in [-0.15, -0.1) is 0 Å². The van der Waals surface area contributed by atoms with Crippen molar-refractivity contribution >= 4 is 10.0 Å². The van der Waals surface area contributed by atoms with Gasteiger partial charge in [-0.3, -0.25) is 0 Å². The minimum Gasteiger partial charge on any atom is -0.491 e. The number of hydrogen-bond donors (Lipinski definition) is 1. The maximum absolute atomic E-state index is 13.2. The zero-order valence-corrected chi connectivity index (χ0v) is 15.6. The molecule has 1 N–H and O–H groups in total. The molecule has 0 aromatic heterocycles. The van der Waals surface area contributed by atoms with Gasteiger partial charge in [-0.1, -0.05) is 12.8 Å². The van der Waals surface area contributed by atoms with Crippen molar-refractivity contribution in [1.82, 2.24) is 4.72 Å². The van der Waals surface area contributed by atoms with Crippen LogP contribution in [-0.4, -0.2) is 41.0 Å². The van der Waals surface area contributed by atoms with Gasteiger partial charge in [0.15, 0.2) is 0 Å². The van der Waals surface area contributed by atoms with Crippen molar-refractivity contribution in [1.29, 1.82) is 0 Å². The Morgan fingerprint density at radius 1 is 1.19 bits per heavy atom. The Labute approximate surface area is 151 Å². The third kappa shape index (κ3) is 5.34. The van der Waals surface area contributed by atoms with Gasteiger partial charge >= 0.3 is 6.18 Å². The van der Waals surface area contributed by atoms with Crippen LogP contribution < -0.4 is 9.46 Å². The Balaban J connectivity index is 2.15. The average Bonchev–Trinajstić information content (AvgIpc) is 2.55. The van der Waals surface area contributed by atoms with E-state index in [1.54, 1.807) is 6.92 Å². The van der Waals surface area contributed by atoms with Crippen molar-refractivity contribution in [3.8, 4) is 5.75 Å². The molecule has 0 amide bonds. The van der Waals surface area contributed by atoms with E-state index in [0.717, 1.165) is 0 Å². The molecule has 2 rings (SSSR count). The lowest BCUT2D eigenvalue weighted by Gasteiger charge is -2.33. The highest BCUT2D eigenvalue weighted by molar-refractivity contribution is 7.89. The van der Waals surface area contributed by atoms with Crippen LogP contribution in [0.5, 0.6) is 5.75 Å². The Kier molecular flexibility index (Phi) is 6.92. The normalized spacial score (nSPS) is 21.6. The van der Waals surface area contributed by atoms with E-state index >= 15 is 0 Å². The predicted octanol–water partition coefficient (Wildman–Crippen LogP) is 3.42. The molecule has 26 heavy (non-hydrogen) atoms. The zero-order valence-electron chi connectivity index (χ0n) is 14.8. The van der Waals surface area contributed by atoms with Crippen LogP contribution >= 0.6 is 0 Å². The van der Waals surface area contributed by atoms with E-state index in [1.807, 2.05) is 0 Å². The van der Waals surface area contributed by atoms with Crippen molar-refractivity contribution in [2.75, 3.05) is 20.3 Å². The molecule has 0 radical (unpaired) electrons. The largest absolute Gasteiger partial charge is 0.491 e. The van der Waals surface area contributed by atoms with E-state index in [1.165, 1.54) is 25.3 Å². The summed E-state index contributed by atoms with van der Waals surface area (Å²) in [5.41, 5.74) is 0.583. The predicted molar refractivity (Wildman–Crippen MR) is 90.7 cm³/mol. The number of methoxy groups -OCH3 is 1. The highest BCUT2D eigenvalue weighted by Gasteiger charge is 2.46. The molecule has 148 valence electrons. The number of hydrogen-bond acceptors (Lipinski definition) is 4. The van der Waals surface area contributed by atoms with E-state index in [2.05, 4.69) is 4.72 Å². The lowest BCUT2D eigenvalue weighted by Crippen LogP contribution is -2.47. The molecule has 2 unspecified atom stereocenters. The third-order valence-corrected chi connectivity index (χ3v) is 5.98. The van der Waals surface area contributed by atoms with E-state index in [-0.39, 0.29) is 17.7 Å². The van der Waals surface area contributed by atoms with E-state index < -0.39 is 28.2 Å². The number of rotatable bonds is 7. The van der Waals surface area contributed by atoms with Gasteiger partial charge < -0.3 is 9.47 Å². The fourth-order valence-electron chi connectivity index (χ4n) is 3.12. The van der Waals surface area contributed by atoms with Crippen LogP contribution in [0.25, 0.3) is 0 Å². The molecule has 5 nitrogen and oxygen atoms in total. The molecule has 1 saturated carbocycles. The van der Waals surface area contributed by atoms with Gasteiger partial charge in [-0.25, -0.2) is 13.1 Å². The van der Waals surface area contributed by atoms with E-state index in [4.69, 9.17) is 9.47 Å². The van der Waals surface area contributed by atoms with Crippen molar-refractivity contribution in [2.45, 2.75) is 49.7 Å². The number of sulfonamides is 1. The molecule has 1 aliphatic rings. The third-order valence-electron chi connectivity index (χ3n) is 4.49. The average molecular weight is 395 g/mol. The summed E-state index contributed by atoms with van der Waals surface area (Å²) in [7, 11) is -2.51. The smallest absolute Gasteiger partial charge is 0.393 e. The van der Waals surface area contributed by atoms with Crippen LogP contribution in [0.2, 0.25) is 0 Å². The molecular formula is C17H24F3NO4S. The van der Waals surface area contributed by atoms with Gasteiger partial charge in [-0.05, 0) is 43.5 Å². The number of ether oxygens (including phenoxy) is 2. The number of halogens is 3. The van der Waals surface area contributed by atoms with Crippen LogP contribution in [0.15, 0.2) is 23.1 Å². The summed E-state index contributed by atoms with van der Waals surface area (Å²) in [6, 6.07) is 3.10. The Morgan fingerprint density at radius 2 is 1.88 bits per heavy atom. The molecule has 2 atom stereocenters. The molecule has 0 bridgehead atoms. The Hall–Kier alpha value is -1.32. The summed E-state index contributed by atoms with van der Waals surface area (Å²) in [6.45, 7) is 2.39. The molecule has 1 aliphatic carbocycles. The first-order valence-electron chi connectivity index (χ1n) is 8.46. The van der Waals surface area contributed by atoms with Gasteiger partial charge in [0.05, 0.1) is 17.4 Å². The van der Waals surface area contributed by atoms with Gasteiger partial charge in [0.25, 0.3) is 0 Å². The molecule has 1 fully saturated rings. The summed E-state index contributed by atoms with van der Waals surface area (Å²) in [5, 5.41) is 0. The Bertz CT molecular complexity index is 706. The SMILES string of the molecule is COCCOc1ccc(S(=O)(=O)NC2CCCCC2C(F)(F)F)cc1C. The fraction of sp³-hybridized carbons (Fsp3) is 0.647. The zero-order chi connectivity index (χ0) is 19.4. The number of alkyl halides is 3. The van der Waals surface area contributed by atoms with Gasteiger partial charge in [0.2, 0.25) is 10.0 Å². The van der Waals surface area contributed by atoms with Gasteiger partial charge in [-0.2, -0.15) is 13.2 Å². The first-order valence-corrected chi connectivity index (χ1v) is 9.95. The second-order valence-electron chi connectivity index (χ2n) is 6.43. The first kappa shape index (κ1) is 21.0. The quantitative estimate of drug-likeness (QED) is 0.719. The minimum absolute atomic E-state index is 0.0536. The Morgan fingerprint density at radius 3 is 2.50 bits per heavy atom. The maximum Gasteiger partial charge on any atom is 0.393 e. The second-order valence-corrected chi connectivity index (χ2v) is 8.14. The summed E-state index contributed by atoms with van der Waals surface area (Å²) in [6.07, 6.45) is -3.26. The standard InChI is InChI=1S/C17H24F3NO4S/c1-12-11-13(7-8-16(12)25-10-9-24-2)26(22,23)21-15-6-4-3-5-14(15)17(18,19)20/h7-8,11,14-15,21H,3-6,9-10H2,1-2H3.